The Morgan fingerprint density at radius 3 is 2.36 bits per heavy atom. The highest BCUT2D eigenvalue weighted by Crippen LogP contribution is 2.51. The first kappa shape index (κ1) is 41.1. The zero-order valence-corrected chi connectivity index (χ0v) is 31.1. The fourth-order valence-electron chi connectivity index (χ4n) is 8.49. The van der Waals surface area contributed by atoms with Crippen molar-refractivity contribution in [2.24, 2.45) is 23.7 Å². The summed E-state index contributed by atoms with van der Waals surface area (Å²) in [6.07, 6.45) is -4.00. The highest BCUT2D eigenvalue weighted by molar-refractivity contribution is 5.99. The van der Waals surface area contributed by atoms with Crippen LogP contribution in [0.2, 0.25) is 0 Å². The van der Waals surface area contributed by atoms with Crippen LogP contribution in [0.4, 0.5) is 45.6 Å². The van der Waals surface area contributed by atoms with Gasteiger partial charge in [0.15, 0.2) is 0 Å². The third-order valence-electron chi connectivity index (χ3n) is 11.7. The van der Waals surface area contributed by atoms with Crippen molar-refractivity contribution in [2.45, 2.75) is 102 Å². The van der Waals surface area contributed by atoms with Gasteiger partial charge in [0.2, 0.25) is 12.0 Å². The van der Waals surface area contributed by atoms with Crippen LogP contribution in [0.1, 0.15) is 82.6 Å². The topological polar surface area (TPSA) is 117 Å². The van der Waals surface area contributed by atoms with Crippen molar-refractivity contribution < 1.29 is 59.4 Å². The summed E-state index contributed by atoms with van der Waals surface area (Å²) in [4.78, 5) is 40.4. The molecule has 3 fully saturated rings. The first-order valence-corrected chi connectivity index (χ1v) is 19.4. The second-order valence-corrected chi connectivity index (χ2v) is 15.6. The molecule has 0 spiro atoms. The second kappa shape index (κ2) is 16.3. The molecule has 0 bridgehead atoms. The van der Waals surface area contributed by atoms with Gasteiger partial charge in [0.05, 0.1) is 17.1 Å². The van der Waals surface area contributed by atoms with Crippen LogP contribution in [0.5, 0.6) is 0 Å². The lowest BCUT2D eigenvalue weighted by Crippen LogP contribution is -2.57. The predicted molar refractivity (Wildman–Crippen MR) is 194 cm³/mol. The number of halogens is 8. The van der Waals surface area contributed by atoms with Gasteiger partial charge in [0, 0.05) is 29.8 Å². The molecule has 0 heterocycles. The molecule has 58 heavy (non-hydrogen) atoms. The van der Waals surface area contributed by atoms with Crippen LogP contribution >= 0.6 is 0 Å². The average molecular weight is 820 g/mol. The quantitative estimate of drug-likeness (QED) is 0.154. The molecule has 7 rings (SSSR count). The smallest absolute Gasteiger partial charge is 0.426 e. The molecule has 3 amide bonds. The van der Waals surface area contributed by atoms with Crippen molar-refractivity contribution in [1.29, 1.82) is 0 Å². The van der Waals surface area contributed by atoms with E-state index in [0.29, 0.717) is 37.1 Å². The number of carbonyl (C=O) groups excluding carboxylic acids is 3. The van der Waals surface area contributed by atoms with E-state index >= 15 is 4.39 Å². The number of allylic oxidation sites excluding steroid dienone is 8. The van der Waals surface area contributed by atoms with E-state index in [4.69, 9.17) is 4.74 Å². The summed E-state index contributed by atoms with van der Waals surface area (Å²) in [5.74, 6) is -7.17. The summed E-state index contributed by atoms with van der Waals surface area (Å²) in [6.45, 7) is 0. The minimum absolute atomic E-state index is 0.0301. The number of hydrogen-bond acceptors (Lipinski definition) is 5. The molecule has 0 saturated heterocycles. The van der Waals surface area contributed by atoms with Gasteiger partial charge in [-0.15, -0.1) is 5.73 Å². The van der Waals surface area contributed by atoms with Crippen LogP contribution in [0.25, 0.3) is 0 Å². The molecule has 4 unspecified atom stereocenters. The Bertz CT molecular complexity index is 2100. The fraction of sp³-hybridized carbons (Fsp3) is 0.476. The first-order chi connectivity index (χ1) is 27.5. The lowest BCUT2D eigenvalue weighted by Gasteiger charge is -2.50. The maximum absolute atomic E-state index is 15.4. The third-order valence-corrected chi connectivity index (χ3v) is 11.7. The summed E-state index contributed by atoms with van der Waals surface area (Å²) >= 11 is 0. The lowest BCUT2D eigenvalue weighted by molar-refractivity contribution is -0.214. The summed E-state index contributed by atoms with van der Waals surface area (Å²) in [7, 11) is 0. The summed E-state index contributed by atoms with van der Waals surface area (Å²) in [5, 5.41) is 18.6. The number of alkyl halides is 6. The first-order valence-electron chi connectivity index (χ1n) is 19.4. The summed E-state index contributed by atoms with van der Waals surface area (Å²) in [5.41, 5.74) is 3.60. The monoisotopic (exact) mass is 819 g/mol. The van der Waals surface area contributed by atoms with Crippen molar-refractivity contribution >= 4 is 23.6 Å². The van der Waals surface area contributed by atoms with Crippen molar-refractivity contribution in [2.75, 3.05) is 5.32 Å². The number of carbonyl (C=O) groups is 3. The molecule has 8 nitrogen and oxygen atoms in total. The molecule has 310 valence electrons. The van der Waals surface area contributed by atoms with Gasteiger partial charge in [-0.2, -0.15) is 26.3 Å². The number of ether oxygens (including phenoxy) is 1. The maximum atomic E-state index is 15.4. The van der Waals surface area contributed by atoms with Crippen LogP contribution in [-0.2, 0) is 20.5 Å². The van der Waals surface area contributed by atoms with E-state index in [-0.39, 0.29) is 59.3 Å². The number of anilines is 1. The standard InChI is InChI=1S/C42H41F8N3O5/c43-33-13-8-23(37(42(48,49)50)58-40(57)52-25-4-2-1-3-5-25)18-29(33)22-9-15-35(54)30(17-22)38(55)53-36-28-12-11-27(28)24(16-21-6-7-21)19-31(36)39(56)51-26-10-14-34(44)32(20-26)41(45,46)47/h4,8,10,13-14,17,20,23,27-28,31,36-37,54H,1-3,5-7,9,11-12,15,18-19H2,(H,51,56)(H,52,57)(H,53,55)/t23?,27?,28?,31-,36+,37?/m0/s1. The largest absolute Gasteiger partial charge is 0.511 e. The van der Waals surface area contributed by atoms with Gasteiger partial charge in [0.1, 0.15) is 17.4 Å². The predicted octanol–water partition coefficient (Wildman–Crippen LogP) is 10.0. The summed E-state index contributed by atoms with van der Waals surface area (Å²) < 4.78 is 118. The zero-order chi connectivity index (χ0) is 41.5. The molecular weight excluding hydrogens is 778 g/mol. The Labute approximate surface area is 328 Å². The Kier molecular flexibility index (Phi) is 11.5. The van der Waals surface area contributed by atoms with Crippen LogP contribution in [0.15, 0.2) is 93.4 Å². The molecule has 1 aromatic carbocycles. The third kappa shape index (κ3) is 9.11. The van der Waals surface area contributed by atoms with E-state index in [0.717, 1.165) is 61.5 Å². The van der Waals surface area contributed by atoms with Gasteiger partial charge < -0.3 is 20.5 Å². The van der Waals surface area contributed by atoms with E-state index in [1.165, 1.54) is 6.08 Å². The zero-order valence-electron chi connectivity index (χ0n) is 31.1. The van der Waals surface area contributed by atoms with Gasteiger partial charge in [-0.1, -0.05) is 12.2 Å². The van der Waals surface area contributed by atoms with Crippen molar-refractivity contribution in [1.82, 2.24) is 10.6 Å². The van der Waals surface area contributed by atoms with Gasteiger partial charge in [-0.25, -0.2) is 13.6 Å². The van der Waals surface area contributed by atoms with Crippen LogP contribution in [0.3, 0.4) is 0 Å². The van der Waals surface area contributed by atoms with Crippen LogP contribution in [0, 0.1) is 29.5 Å². The Morgan fingerprint density at radius 1 is 0.931 bits per heavy atom. The molecular formula is C42H41F8N3O5. The fourth-order valence-corrected chi connectivity index (χ4v) is 8.49. The van der Waals surface area contributed by atoms with Crippen molar-refractivity contribution in [3.8, 4) is 0 Å². The SMILES string of the molecule is O=C(NC1=CCCCC1)OC(C1C=CC(F)=C(C2=CC(C(=O)N[C@@H]3C4CCC4C(=C=C4CC4)C[C@@H]3C(=O)Nc3ccc(F)c(C(F)(F)F)c3)=C(O)CC2)C1)C(F)(F)F. The van der Waals surface area contributed by atoms with E-state index < -0.39 is 77.9 Å². The van der Waals surface area contributed by atoms with Crippen molar-refractivity contribution in [3.05, 3.63) is 105 Å². The Hall–Kier alpha value is -5.11. The van der Waals surface area contributed by atoms with Gasteiger partial charge in [-0.05, 0) is 135 Å². The number of fused-ring (bicyclic) bond motifs is 1. The molecule has 0 radical (unpaired) electrons. The number of amides is 3. The highest BCUT2D eigenvalue weighted by atomic mass is 19.4. The number of benzene rings is 1. The number of alkyl carbamates (subject to hydrolysis) is 1. The summed E-state index contributed by atoms with van der Waals surface area (Å²) in [6, 6.07) is 1.21. The number of hydrogen-bond donors (Lipinski definition) is 4. The number of aliphatic hydroxyl groups excluding tert-OH is 1. The molecule has 6 aliphatic carbocycles. The van der Waals surface area contributed by atoms with E-state index in [2.05, 4.69) is 21.7 Å². The van der Waals surface area contributed by atoms with E-state index in [1.807, 2.05) is 0 Å². The second-order valence-electron chi connectivity index (χ2n) is 15.6. The molecule has 16 heteroatoms. The minimum atomic E-state index is -5.02. The maximum Gasteiger partial charge on any atom is 0.426 e. The minimum Gasteiger partial charge on any atom is -0.511 e. The molecule has 1 aromatic rings. The van der Waals surface area contributed by atoms with Crippen LogP contribution < -0.4 is 16.0 Å². The highest BCUT2D eigenvalue weighted by Gasteiger charge is 2.51. The normalized spacial score (nSPS) is 26.4. The number of nitrogens with one attached hydrogen (secondary N) is 3. The molecule has 0 aliphatic heterocycles. The van der Waals surface area contributed by atoms with Gasteiger partial charge in [-0.3, -0.25) is 14.9 Å². The van der Waals surface area contributed by atoms with Gasteiger partial charge in [0.25, 0.3) is 5.91 Å². The van der Waals surface area contributed by atoms with Gasteiger partial charge >= 0.3 is 18.4 Å². The molecule has 6 aliphatic rings. The Balaban J connectivity index is 1.10. The number of rotatable bonds is 8. The molecule has 6 atom stereocenters. The molecule has 3 saturated carbocycles. The lowest BCUT2D eigenvalue weighted by atomic mass is 9.57. The Morgan fingerprint density at radius 2 is 1.71 bits per heavy atom. The molecule has 0 aromatic heterocycles. The van der Waals surface area contributed by atoms with E-state index in [9.17, 15) is 50.2 Å². The number of aliphatic hydroxyl groups is 1. The van der Waals surface area contributed by atoms with Crippen LogP contribution in [-0.4, -0.2) is 41.3 Å². The van der Waals surface area contributed by atoms with E-state index in [1.54, 1.807) is 6.08 Å². The average Bonchev–Trinajstić information content (AvgIpc) is 3.96. The molecule has 4 N–H and O–H groups in total. The van der Waals surface area contributed by atoms with Crippen molar-refractivity contribution in [3.63, 3.8) is 0 Å².